The van der Waals surface area contributed by atoms with Gasteiger partial charge in [-0.2, -0.15) is 0 Å². The molecule has 0 fully saturated rings. The van der Waals surface area contributed by atoms with E-state index in [1.807, 2.05) is 33.9 Å². The van der Waals surface area contributed by atoms with Crippen LogP contribution in [0, 0.1) is 24.8 Å². The van der Waals surface area contributed by atoms with Gasteiger partial charge < -0.3 is 5.11 Å². The molecule has 0 amide bonds. The number of carbonyl (C=O) groups is 1. The Morgan fingerprint density at radius 3 is 2.11 bits per heavy atom. The third kappa shape index (κ3) is 8.06. The number of benzene rings is 3. The van der Waals surface area contributed by atoms with Crippen molar-refractivity contribution in [2.24, 2.45) is 11.8 Å². The van der Waals surface area contributed by atoms with Crippen LogP contribution in [0.4, 0.5) is 0 Å². The number of fused-ring (bicyclic) bond motifs is 3. The van der Waals surface area contributed by atoms with Crippen LogP contribution >= 0.6 is 0 Å². The van der Waals surface area contributed by atoms with Crippen molar-refractivity contribution < 1.29 is 34.7 Å². The van der Waals surface area contributed by atoms with E-state index in [4.69, 9.17) is 9.72 Å². The number of ketones is 1. The fourth-order valence-electron chi connectivity index (χ4n) is 7.28. The minimum atomic E-state index is -2.10. The number of aryl methyl sites for hydroxylation is 1. The van der Waals surface area contributed by atoms with Crippen LogP contribution in [-0.2, 0) is 24.9 Å². The number of carbonyl (C=O) groups excluding carboxylic acids is 1. The molecule has 5 rings (SSSR count). The molecule has 1 aromatic heterocycles. The first kappa shape index (κ1) is 39.0. The van der Waals surface area contributed by atoms with Gasteiger partial charge in [-0.25, -0.2) is 0 Å². The first-order valence-corrected chi connectivity index (χ1v) is 24.8. The van der Waals surface area contributed by atoms with Crippen molar-refractivity contribution >= 4 is 45.0 Å². The number of allylic oxidation sites excluding steroid dienone is 2. The predicted octanol–water partition coefficient (Wildman–Crippen LogP) is 11.6. The zero-order chi connectivity index (χ0) is 33.8. The molecule has 1 aliphatic heterocycles. The zero-order valence-electron chi connectivity index (χ0n) is 30.1. The predicted molar refractivity (Wildman–Crippen MR) is 198 cm³/mol. The Hall–Kier alpha value is -2.47. The van der Waals surface area contributed by atoms with Crippen LogP contribution in [0.25, 0.3) is 32.8 Å². The molecule has 0 saturated heterocycles. The molecule has 6 heteroatoms. The van der Waals surface area contributed by atoms with Crippen LogP contribution in [-0.4, -0.2) is 29.1 Å². The normalized spacial score (nSPS) is 12.6. The maximum absolute atomic E-state index is 11.7. The topological polar surface area (TPSA) is 59.4 Å². The molecule has 0 spiro atoms. The van der Waals surface area contributed by atoms with E-state index in [0.29, 0.717) is 5.92 Å². The molecule has 3 aromatic carbocycles. The summed E-state index contributed by atoms with van der Waals surface area (Å²) in [4.78, 5) is 16.6. The SMILES string of the molecule is CCC(CC)C(=O)/C=C(\O)C(CC)CC.CCC(CC)c1c2c([c-]c3ccccc13)-c1nccc3[c]([Ge]([CH3])([CH3])[CH3])c(C)cc(c13)O2.[Ir]. The Bertz CT molecular complexity index is 1730. The Morgan fingerprint density at radius 1 is 0.915 bits per heavy atom. The minimum Gasteiger partial charge on any atom is 0 e. The van der Waals surface area contributed by atoms with Crippen LogP contribution in [0.3, 0.4) is 0 Å². The molecule has 0 unspecified atom stereocenters. The zero-order valence-corrected chi connectivity index (χ0v) is 34.6. The standard InChI is InChI=1S/C28H30GeNO.C13H24O2.Ir/c1-7-18(8-2)24-20-12-10-9-11-19(20)16-22-27-25-21(13-14-30-27)26(29(4,5)6)17(3)15-23(25)31-28(22)24;1-5-10(6-2)12(14)9-13(15)11(7-3)8-4;/h9-15,18H,7-8H2,1-6H3;9-11,14H,5-8H2,1-4H3;/q-1;;/b;12-9-;. The third-order valence-electron chi connectivity index (χ3n) is 9.83. The van der Waals surface area contributed by atoms with Crippen LogP contribution in [0.2, 0.25) is 17.3 Å². The Balaban J connectivity index is 0.000000322. The van der Waals surface area contributed by atoms with Gasteiger partial charge in [0, 0.05) is 38.0 Å². The molecular formula is C41H54GeIrNO3-. The summed E-state index contributed by atoms with van der Waals surface area (Å²) in [5.41, 5.74) is 4.72. The second-order valence-electron chi connectivity index (χ2n) is 13.8. The summed E-state index contributed by atoms with van der Waals surface area (Å²) < 4.78 is 8.32. The Labute approximate surface area is 299 Å². The average molecular weight is 874 g/mol. The van der Waals surface area contributed by atoms with E-state index in [-0.39, 0.29) is 43.5 Å². The molecule has 1 radical (unpaired) electrons. The molecule has 1 N–H and O–H groups in total. The Morgan fingerprint density at radius 2 is 1.53 bits per heavy atom. The maximum Gasteiger partial charge on any atom is 0 e. The van der Waals surface area contributed by atoms with Gasteiger partial charge in [-0.15, -0.1) is 0 Å². The molecule has 255 valence electrons. The third-order valence-corrected chi connectivity index (χ3v) is 14.4. The van der Waals surface area contributed by atoms with E-state index >= 15 is 0 Å². The van der Waals surface area contributed by atoms with Gasteiger partial charge in [0.25, 0.3) is 0 Å². The molecule has 0 bridgehead atoms. The van der Waals surface area contributed by atoms with Gasteiger partial charge in [-0.1, -0.05) is 27.7 Å². The number of nitrogens with zero attached hydrogens (tertiary/aromatic N) is 1. The summed E-state index contributed by atoms with van der Waals surface area (Å²) in [6, 6.07) is 16.7. The molecule has 1 aliphatic rings. The van der Waals surface area contributed by atoms with Gasteiger partial charge in [-0.3, -0.25) is 4.79 Å². The van der Waals surface area contributed by atoms with Crippen molar-refractivity contribution in [3.63, 3.8) is 0 Å². The van der Waals surface area contributed by atoms with Crippen LogP contribution in [0.1, 0.15) is 97.1 Å². The molecule has 4 aromatic rings. The minimum absolute atomic E-state index is 0. The second-order valence-corrected chi connectivity index (χ2v) is 24.3. The van der Waals surface area contributed by atoms with E-state index in [2.05, 4.69) is 80.5 Å². The van der Waals surface area contributed by atoms with Crippen molar-refractivity contribution in [2.45, 2.75) is 110 Å². The van der Waals surface area contributed by atoms with Crippen LogP contribution in [0.15, 0.2) is 54.4 Å². The second kappa shape index (κ2) is 16.8. The summed E-state index contributed by atoms with van der Waals surface area (Å²) in [7, 11) is 0. The summed E-state index contributed by atoms with van der Waals surface area (Å²) >= 11 is -2.10. The van der Waals surface area contributed by atoms with Crippen molar-refractivity contribution in [1.82, 2.24) is 4.98 Å². The largest absolute Gasteiger partial charge is 0 e. The monoisotopic (exact) mass is 875 g/mol. The van der Waals surface area contributed by atoms with Gasteiger partial charge in [0.1, 0.15) is 0 Å². The van der Waals surface area contributed by atoms with Crippen molar-refractivity contribution in [2.75, 3.05) is 0 Å². The molecule has 2 heterocycles. The number of hydrogen-bond donors (Lipinski definition) is 1. The van der Waals surface area contributed by atoms with E-state index in [0.717, 1.165) is 72.1 Å². The maximum atomic E-state index is 11.7. The first-order chi connectivity index (χ1) is 21.9. The van der Waals surface area contributed by atoms with Crippen molar-refractivity contribution in [3.05, 3.63) is 71.6 Å². The number of pyridine rings is 1. The molecule has 4 nitrogen and oxygen atoms in total. The number of aliphatic hydroxyl groups excluding tert-OH is 1. The van der Waals surface area contributed by atoms with Crippen molar-refractivity contribution in [1.29, 1.82) is 0 Å². The van der Waals surface area contributed by atoms with Gasteiger partial charge in [-0.05, 0) is 25.7 Å². The average Bonchev–Trinajstić information content (AvgIpc) is 3.02. The van der Waals surface area contributed by atoms with Crippen molar-refractivity contribution in [3.8, 4) is 22.8 Å². The first-order valence-electron chi connectivity index (χ1n) is 17.5. The fraction of sp³-hybridized carbons (Fsp3) is 0.463. The number of aromatic nitrogens is 1. The quantitative estimate of drug-likeness (QED) is 0.0622. The summed E-state index contributed by atoms with van der Waals surface area (Å²) in [6.45, 7) is 14.9. The van der Waals surface area contributed by atoms with Gasteiger partial charge >= 0.3 is 188 Å². The number of rotatable bonds is 11. The fourth-order valence-corrected chi connectivity index (χ4v) is 12.0. The summed E-state index contributed by atoms with van der Waals surface area (Å²) in [5, 5.41) is 14.6. The molecule has 47 heavy (non-hydrogen) atoms. The van der Waals surface area contributed by atoms with Gasteiger partial charge in [0.15, 0.2) is 5.78 Å². The number of ether oxygens (including phenoxy) is 1. The van der Waals surface area contributed by atoms with E-state index in [1.165, 1.54) is 28.0 Å². The van der Waals surface area contributed by atoms with Gasteiger partial charge in [0.2, 0.25) is 0 Å². The van der Waals surface area contributed by atoms with Crippen LogP contribution in [0.5, 0.6) is 11.5 Å². The number of hydrogen-bond acceptors (Lipinski definition) is 4. The molecule has 0 saturated carbocycles. The molecular weight excluding hydrogens is 819 g/mol. The van der Waals surface area contributed by atoms with Crippen LogP contribution < -0.4 is 9.13 Å². The van der Waals surface area contributed by atoms with E-state index in [1.54, 1.807) is 4.40 Å². The summed E-state index contributed by atoms with van der Waals surface area (Å²) in [5.74, 6) is 10.3. The molecule has 0 aliphatic carbocycles. The van der Waals surface area contributed by atoms with Gasteiger partial charge in [0.05, 0.1) is 5.76 Å². The molecule has 0 atom stereocenters. The Kier molecular flexibility index (Phi) is 13.9. The van der Waals surface area contributed by atoms with E-state index in [9.17, 15) is 9.90 Å². The summed E-state index contributed by atoms with van der Waals surface area (Å²) in [6.07, 6.45) is 9.05. The smallest absolute Gasteiger partial charge is 0 e. The van der Waals surface area contributed by atoms with E-state index < -0.39 is 13.3 Å². The number of aliphatic hydroxyl groups is 1.